The Labute approximate surface area is 185 Å². The summed E-state index contributed by atoms with van der Waals surface area (Å²) in [6, 6.07) is 2.72. The van der Waals surface area contributed by atoms with E-state index in [-0.39, 0.29) is 24.7 Å². The van der Waals surface area contributed by atoms with E-state index >= 15 is 0 Å². The van der Waals surface area contributed by atoms with Gasteiger partial charge in [-0.05, 0) is 38.5 Å². The predicted octanol–water partition coefficient (Wildman–Crippen LogP) is 2.84. The average Bonchev–Trinajstić information content (AvgIpc) is 2.69. The number of nitrogens with two attached hydrogens (primary N) is 1. The van der Waals surface area contributed by atoms with Gasteiger partial charge in [-0.3, -0.25) is 9.59 Å². The quantitative estimate of drug-likeness (QED) is 0.303. The number of carboxylic acid groups (broad SMARTS) is 1. The molecule has 32 heavy (non-hydrogen) atoms. The molecule has 0 fully saturated rings. The molecule has 0 aliphatic carbocycles. The van der Waals surface area contributed by atoms with Crippen LogP contribution in [0.2, 0.25) is 0 Å². The number of aliphatic carboxylic acids is 1. The summed E-state index contributed by atoms with van der Waals surface area (Å²) in [5.41, 5.74) is 6.29. The van der Waals surface area contributed by atoms with Gasteiger partial charge >= 0.3 is 24.2 Å². The van der Waals surface area contributed by atoms with Gasteiger partial charge in [-0.25, -0.2) is 9.59 Å². The van der Waals surface area contributed by atoms with Crippen LogP contribution in [0.15, 0.2) is 18.2 Å². The Bertz CT molecular complexity index is 825. The Kier molecular flexibility index (Phi) is 10.4. The van der Waals surface area contributed by atoms with Gasteiger partial charge in [0, 0.05) is 18.8 Å². The van der Waals surface area contributed by atoms with Crippen LogP contribution in [0.1, 0.15) is 46.1 Å². The van der Waals surface area contributed by atoms with Crippen molar-refractivity contribution in [2.75, 3.05) is 13.2 Å². The fourth-order valence-corrected chi connectivity index (χ4v) is 3.02. The maximum Gasteiger partial charge on any atom is 0.513 e. The molecule has 0 aliphatic heterocycles. The number of carbonyl (C=O) groups excluding carboxylic acids is 3. The number of ether oxygens (including phenoxy) is 5. The zero-order valence-corrected chi connectivity index (χ0v) is 18.7. The zero-order chi connectivity index (χ0) is 24.4. The van der Waals surface area contributed by atoms with Crippen molar-refractivity contribution in [1.29, 1.82) is 0 Å². The van der Waals surface area contributed by atoms with Crippen molar-refractivity contribution in [3.8, 4) is 11.5 Å². The van der Waals surface area contributed by atoms with Crippen LogP contribution in [0, 0.1) is 5.92 Å². The Morgan fingerprint density at radius 1 is 0.969 bits per heavy atom. The summed E-state index contributed by atoms with van der Waals surface area (Å²) in [6.07, 6.45) is -2.75. The highest BCUT2D eigenvalue weighted by atomic mass is 16.7. The molecule has 0 aromatic heterocycles. The van der Waals surface area contributed by atoms with Gasteiger partial charge in [0.05, 0.1) is 13.2 Å². The fourth-order valence-electron chi connectivity index (χ4n) is 3.02. The molecule has 11 heteroatoms. The lowest BCUT2D eigenvalue weighted by Gasteiger charge is -2.31. The van der Waals surface area contributed by atoms with Gasteiger partial charge in [-0.2, -0.15) is 0 Å². The molecule has 3 unspecified atom stereocenters. The molecule has 0 bridgehead atoms. The summed E-state index contributed by atoms with van der Waals surface area (Å²) in [7, 11) is 0. The normalized spacial score (nSPS) is 14.3. The molecule has 1 aromatic carbocycles. The van der Waals surface area contributed by atoms with E-state index in [0.29, 0.717) is 5.56 Å². The first-order chi connectivity index (χ1) is 15.0. The predicted molar refractivity (Wildman–Crippen MR) is 110 cm³/mol. The maximum atomic E-state index is 11.9. The van der Waals surface area contributed by atoms with E-state index in [1.54, 1.807) is 27.7 Å². The molecule has 0 saturated heterocycles. The number of carbonyl (C=O) groups is 4. The van der Waals surface area contributed by atoms with Gasteiger partial charge in [0.1, 0.15) is 12.1 Å². The maximum absolute atomic E-state index is 11.9. The highest BCUT2D eigenvalue weighted by molar-refractivity contribution is 5.75. The molecule has 1 aromatic rings. The lowest BCUT2D eigenvalue weighted by Crippen LogP contribution is -2.42. The monoisotopic (exact) mass is 455 g/mol. The molecule has 11 nitrogen and oxygen atoms in total. The average molecular weight is 455 g/mol. The van der Waals surface area contributed by atoms with Crippen LogP contribution < -0.4 is 15.2 Å². The molecule has 0 saturated carbocycles. The molecule has 0 amide bonds. The Morgan fingerprint density at radius 3 is 1.97 bits per heavy atom. The Balaban J connectivity index is 3.44. The van der Waals surface area contributed by atoms with Crippen LogP contribution in [0.3, 0.4) is 0 Å². The van der Waals surface area contributed by atoms with Gasteiger partial charge in [-0.1, -0.05) is 13.0 Å². The van der Waals surface area contributed by atoms with Crippen LogP contribution in [-0.4, -0.2) is 54.7 Å². The lowest BCUT2D eigenvalue weighted by molar-refractivity contribution is -0.148. The van der Waals surface area contributed by atoms with E-state index in [9.17, 15) is 24.3 Å². The highest BCUT2D eigenvalue weighted by Crippen LogP contribution is 2.37. The number of benzene rings is 1. The van der Waals surface area contributed by atoms with Crippen molar-refractivity contribution in [3.63, 3.8) is 0 Å². The molecular weight excluding hydrogens is 426 g/mol. The van der Waals surface area contributed by atoms with E-state index in [0.717, 1.165) is 0 Å². The Hall–Kier alpha value is -3.34. The third kappa shape index (κ3) is 7.73. The number of rotatable bonds is 10. The minimum Gasteiger partial charge on any atom is -0.480 e. The molecule has 0 heterocycles. The minimum atomic E-state index is -1.38. The first-order valence-electron chi connectivity index (χ1n) is 10.00. The lowest BCUT2D eigenvalue weighted by atomic mass is 9.79. The number of esters is 1. The van der Waals surface area contributed by atoms with E-state index in [4.69, 9.17) is 29.4 Å². The van der Waals surface area contributed by atoms with Crippen LogP contribution in [-0.2, 0) is 23.8 Å². The third-order valence-corrected chi connectivity index (χ3v) is 4.59. The third-order valence-electron chi connectivity index (χ3n) is 4.59. The van der Waals surface area contributed by atoms with Crippen molar-refractivity contribution in [2.24, 2.45) is 11.7 Å². The minimum absolute atomic E-state index is 0.0377. The van der Waals surface area contributed by atoms with Gasteiger partial charge in [0.2, 0.25) is 0 Å². The highest BCUT2D eigenvalue weighted by Gasteiger charge is 2.35. The van der Waals surface area contributed by atoms with E-state index in [1.165, 1.54) is 25.1 Å². The fraction of sp³-hybridized carbons (Fsp3) is 0.524. The molecule has 0 spiro atoms. The van der Waals surface area contributed by atoms with Crippen molar-refractivity contribution < 1.29 is 48.0 Å². The smallest absolute Gasteiger partial charge is 0.480 e. The summed E-state index contributed by atoms with van der Waals surface area (Å²) >= 11 is 0. The van der Waals surface area contributed by atoms with E-state index in [1.807, 2.05) is 0 Å². The van der Waals surface area contributed by atoms with Gasteiger partial charge in [0.25, 0.3) is 0 Å². The SMILES string of the molecule is CCOC(=O)Oc1ccc(C(C(C)C(C)OC(C)=O)[C@@H](N)C(=O)O)cc1OC(=O)OCC. The van der Waals surface area contributed by atoms with Crippen molar-refractivity contribution in [2.45, 2.75) is 52.7 Å². The number of carboxylic acids is 1. The standard InChI is InChI=1S/C21H29NO10/c1-6-28-20(26)31-15-9-8-14(10-16(15)32-21(27)29-7-2)17(18(22)19(24)25)11(3)12(4)30-13(5)23/h8-12,17-18H,6-7,22H2,1-5H3,(H,24,25)/t11?,12?,17?,18-/m1/s1. The first kappa shape index (κ1) is 26.7. The van der Waals surface area contributed by atoms with Gasteiger partial charge in [-0.15, -0.1) is 0 Å². The molecule has 3 N–H and O–H groups in total. The van der Waals surface area contributed by atoms with Crippen molar-refractivity contribution in [1.82, 2.24) is 0 Å². The molecule has 178 valence electrons. The van der Waals surface area contributed by atoms with E-state index in [2.05, 4.69) is 0 Å². The number of hydrogen-bond donors (Lipinski definition) is 2. The van der Waals surface area contributed by atoms with Crippen LogP contribution in [0.5, 0.6) is 11.5 Å². The van der Waals surface area contributed by atoms with E-state index < -0.39 is 48.2 Å². The van der Waals surface area contributed by atoms with Crippen molar-refractivity contribution in [3.05, 3.63) is 23.8 Å². The topological polar surface area (TPSA) is 161 Å². The van der Waals surface area contributed by atoms with Gasteiger partial charge < -0.3 is 34.5 Å². The molecule has 0 radical (unpaired) electrons. The van der Waals surface area contributed by atoms with Gasteiger partial charge in [0.15, 0.2) is 11.5 Å². The largest absolute Gasteiger partial charge is 0.513 e. The summed E-state index contributed by atoms with van der Waals surface area (Å²) < 4.78 is 24.9. The molecule has 0 aliphatic rings. The second kappa shape index (κ2) is 12.5. The van der Waals surface area contributed by atoms with Crippen molar-refractivity contribution >= 4 is 24.2 Å². The molecule has 4 atom stereocenters. The second-order valence-electron chi connectivity index (χ2n) is 6.84. The summed E-state index contributed by atoms with van der Waals surface area (Å²) in [6.45, 7) is 7.79. The summed E-state index contributed by atoms with van der Waals surface area (Å²) in [5.74, 6) is -3.57. The second-order valence-corrected chi connectivity index (χ2v) is 6.84. The zero-order valence-electron chi connectivity index (χ0n) is 18.7. The number of hydrogen-bond acceptors (Lipinski definition) is 10. The first-order valence-corrected chi connectivity index (χ1v) is 10.00. The van der Waals surface area contributed by atoms with Crippen LogP contribution in [0.25, 0.3) is 0 Å². The van der Waals surface area contributed by atoms with Crippen LogP contribution in [0.4, 0.5) is 9.59 Å². The Morgan fingerprint density at radius 2 is 1.50 bits per heavy atom. The van der Waals surface area contributed by atoms with Crippen LogP contribution >= 0.6 is 0 Å². The molecule has 1 rings (SSSR count). The summed E-state index contributed by atoms with van der Waals surface area (Å²) in [5, 5.41) is 9.52. The molecular formula is C21H29NO10. The summed E-state index contributed by atoms with van der Waals surface area (Å²) in [4.78, 5) is 46.6.